The van der Waals surface area contributed by atoms with Gasteiger partial charge in [0, 0.05) is 29.3 Å². The van der Waals surface area contributed by atoms with Gasteiger partial charge in [-0.05, 0) is 48.7 Å². The zero-order valence-corrected chi connectivity index (χ0v) is 14.6. The minimum atomic E-state index is -0.935. The number of nitrogens with one attached hydrogen (secondary N) is 2. The van der Waals surface area contributed by atoms with Gasteiger partial charge in [-0.2, -0.15) is 0 Å². The molecule has 0 bridgehead atoms. The fraction of sp³-hybridized carbons (Fsp3) is 0.167. The Hall–Kier alpha value is -2.93. The summed E-state index contributed by atoms with van der Waals surface area (Å²) in [6, 6.07) is 10.4. The number of hydrogen-bond donors (Lipinski definition) is 2. The molecule has 130 valence electrons. The van der Waals surface area contributed by atoms with Gasteiger partial charge >= 0.3 is 5.97 Å². The highest BCUT2D eigenvalue weighted by atomic mass is 32.1. The van der Waals surface area contributed by atoms with Gasteiger partial charge in [-0.1, -0.05) is 6.07 Å². The van der Waals surface area contributed by atoms with Gasteiger partial charge in [0.15, 0.2) is 6.10 Å². The highest BCUT2D eigenvalue weighted by Crippen LogP contribution is 2.14. The smallest absolute Gasteiger partial charge is 0.331 e. The van der Waals surface area contributed by atoms with Crippen LogP contribution in [-0.4, -0.2) is 23.9 Å². The molecular weight excluding hydrogens is 340 g/mol. The first-order valence-corrected chi connectivity index (χ1v) is 8.43. The van der Waals surface area contributed by atoms with E-state index in [0.29, 0.717) is 11.4 Å². The number of ether oxygens (including phenoxy) is 1. The van der Waals surface area contributed by atoms with Crippen LogP contribution in [0.25, 0.3) is 6.08 Å². The van der Waals surface area contributed by atoms with Crippen molar-refractivity contribution in [2.75, 3.05) is 10.6 Å². The minimum absolute atomic E-state index is 0.173. The van der Waals surface area contributed by atoms with Crippen LogP contribution in [0.3, 0.4) is 0 Å². The Kier molecular flexibility index (Phi) is 6.47. The number of anilines is 2. The van der Waals surface area contributed by atoms with E-state index in [0.717, 1.165) is 4.88 Å². The third-order valence-electron chi connectivity index (χ3n) is 3.06. The lowest BCUT2D eigenvalue weighted by Gasteiger charge is -2.12. The van der Waals surface area contributed by atoms with E-state index in [2.05, 4.69) is 10.6 Å². The Bertz CT molecular complexity index is 767. The first kappa shape index (κ1) is 18.4. The van der Waals surface area contributed by atoms with Crippen LogP contribution in [0.2, 0.25) is 0 Å². The fourth-order valence-corrected chi connectivity index (χ4v) is 2.51. The molecule has 25 heavy (non-hydrogen) atoms. The molecule has 0 spiro atoms. The van der Waals surface area contributed by atoms with Crippen LogP contribution in [0, 0.1) is 0 Å². The van der Waals surface area contributed by atoms with Gasteiger partial charge in [0.05, 0.1) is 0 Å². The second-order valence-electron chi connectivity index (χ2n) is 5.18. The molecule has 0 aliphatic rings. The van der Waals surface area contributed by atoms with Crippen LogP contribution in [-0.2, 0) is 19.1 Å². The van der Waals surface area contributed by atoms with Crippen LogP contribution < -0.4 is 10.6 Å². The van der Waals surface area contributed by atoms with E-state index in [1.165, 1.54) is 31.3 Å². The molecule has 0 fully saturated rings. The van der Waals surface area contributed by atoms with Gasteiger partial charge in [-0.3, -0.25) is 9.59 Å². The number of hydrogen-bond acceptors (Lipinski definition) is 5. The molecule has 2 rings (SSSR count). The standard InChI is InChI=1S/C18H18N2O4S/c1-12(24-17(22)10-9-16-4-3-11-25-16)18(23)20-15-7-5-14(6-8-15)19-13(2)21/h3-12H,1-2H3,(H,19,21)(H,20,23)/b10-9+. The topological polar surface area (TPSA) is 84.5 Å². The summed E-state index contributed by atoms with van der Waals surface area (Å²) in [7, 11) is 0. The van der Waals surface area contributed by atoms with Crippen LogP contribution in [0.15, 0.2) is 47.9 Å². The Morgan fingerprint density at radius 1 is 1.08 bits per heavy atom. The summed E-state index contributed by atoms with van der Waals surface area (Å²) in [5.41, 5.74) is 1.17. The van der Waals surface area contributed by atoms with Gasteiger partial charge in [-0.25, -0.2) is 4.79 Å². The molecule has 2 N–H and O–H groups in total. The van der Waals surface area contributed by atoms with Crippen molar-refractivity contribution in [2.24, 2.45) is 0 Å². The molecule has 1 unspecified atom stereocenters. The van der Waals surface area contributed by atoms with Crippen molar-refractivity contribution in [3.63, 3.8) is 0 Å². The van der Waals surface area contributed by atoms with Crippen molar-refractivity contribution in [2.45, 2.75) is 20.0 Å². The number of esters is 1. The van der Waals surface area contributed by atoms with Crippen molar-refractivity contribution in [3.05, 3.63) is 52.7 Å². The molecule has 6 nitrogen and oxygen atoms in total. The summed E-state index contributed by atoms with van der Waals surface area (Å²) >= 11 is 1.50. The number of carbonyl (C=O) groups excluding carboxylic acids is 3. The van der Waals surface area contributed by atoms with E-state index in [9.17, 15) is 14.4 Å². The number of thiophene rings is 1. The molecule has 1 aromatic heterocycles. The van der Waals surface area contributed by atoms with E-state index in [4.69, 9.17) is 4.74 Å². The summed E-state index contributed by atoms with van der Waals surface area (Å²) in [6.45, 7) is 2.91. The Labute approximate surface area is 149 Å². The minimum Gasteiger partial charge on any atom is -0.449 e. The first-order valence-electron chi connectivity index (χ1n) is 7.55. The molecule has 0 saturated carbocycles. The molecule has 0 radical (unpaired) electrons. The highest BCUT2D eigenvalue weighted by molar-refractivity contribution is 7.10. The molecule has 1 heterocycles. The molecule has 0 aliphatic heterocycles. The van der Waals surface area contributed by atoms with Crippen LogP contribution in [0.4, 0.5) is 11.4 Å². The maximum Gasteiger partial charge on any atom is 0.331 e. The molecule has 2 amide bonds. The van der Waals surface area contributed by atoms with E-state index in [-0.39, 0.29) is 5.91 Å². The van der Waals surface area contributed by atoms with Crippen molar-refractivity contribution < 1.29 is 19.1 Å². The predicted octanol–water partition coefficient (Wildman–Crippen LogP) is 3.29. The Balaban J connectivity index is 1.85. The highest BCUT2D eigenvalue weighted by Gasteiger charge is 2.16. The maximum atomic E-state index is 12.1. The maximum absolute atomic E-state index is 12.1. The van der Waals surface area contributed by atoms with Crippen LogP contribution >= 0.6 is 11.3 Å². The second-order valence-corrected chi connectivity index (χ2v) is 6.15. The third kappa shape index (κ3) is 6.23. The lowest BCUT2D eigenvalue weighted by molar-refractivity contribution is -0.148. The third-order valence-corrected chi connectivity index (χ3v) is 3.90. The summed E-state index contributed by atoms with van der Waals surface area (Å²) in [5.74, 6) is -1.20. The molecule has 0 aliphatic carbocycles. The van der Waals surface area contributed by atoms with Crippen LogP contribution in [0.1, 0.15) is 18.7 Å². The number of carbonyl (C=O) groups is 3. The zero-order valence-electron chi connectivity index (χ0n) is 13.8. The molecular formula is C18H18N2O4S. The van der Waals surface area contributed by atoms with E-state index >= 15 is 0 Å². The Morgan fingerprint density at radius 2 is 1.72 bits per heavy atom. The van der Waals surface area contributed by atoms with Crippen molar-refractivity contribution in [1.82, 2.24) is 0 Å². The summed E-state index contributed by atoms with van der Waals surface area (Å²) < 4.78 is 5.07. The SMILES string of the molecule is CC(=O)Nc1ccc(NC(=O)C(C)OC(=O)/C=C/c2cccs2)cc1. The van der Waals surface area contributed by atoms with Crippen molar-refractivity contribution >= 4 is 46.6 Å². The largest absolute Gasteiger partial charge is 0.449 e. The zero-order chi connectivity index (χ0) is 18.2. The first-order chi connectivity index (χ1) is 11.9. The summed E-state index contributed by atoms with van der Waals surface area (Å²) in [4.78, 5) is 35.7. The Morgan fingerprint density at radius 3 is 2.28 bits per heavy atom. The van der Waals surface area contributed by atoms with Crippen LogP contribution in [0.5, 0.6) is 0 Å². The molecule has 0 saturated heterocycles. The fourth-order valence-electron chi connectivity index (χ4n) is 1.89. The number of amides is 2. The monoisotopic (exact) mass is 358 g/mol. The van der Waals surface area contributed by atoms with E-state index in [1.807, 2.05) is 17.5 Å². The van der Waals surface area contributed by atoms with Gasteiger partial charge in [0.25, 0.3) is 5.91 Å². The van der Waals surface area contributed by atoms with Gasteiger partial charge in [0.2, 0.25) is 5.91 Å². The van der Waals surface area contributed by atoms with Gasteiger partial charge in [0.1, 0.15) is 0 Å². The van der Waals surface area contributed by atoms with Gasteiger partial charge in [-0.15, -0.1) is 11.3 Å². The molecule has 2 aromatic rings. The quantitative estimate of drug-likeness (QED) is 0.613. The number of rotatable bonds is 6. The van der Waals surface area contributed by atoms with E-state index in [1.54, 1.807) is 30.3 Å². The summed E-state index contributed by atoms with van der Waals surface area (Å²) in [6.07, 6.45) is 1.99. The number of benzene rings is 1. The van der Waals surface area contributed by atoms with E-state index < -0.39 is 18.0 Å². The van der Waals surface area contributed by atoms with Gasteiger partial charge < -0.3 is 15.4 Å². The molecule has 7 heteroatoms. The van der Waals surface area contributed by atoms with Crippen molar-refractivity contribution in [1.29, 1.82) is 0 Å². The van der Waals surface area contributed by atoms with Crippen molar-refractivity contribution in [3.8, 4) is 0 Å². The lowest BCUT2D eigenvalue weighted by atomic mass is 10.2. The lowest BCUT2D eigenvalue weighted by Crippen LogP contribution is -2.29. The molecule has 1 aromatic carbocycles. The second kappa shape index (κ2) is 8.79. The normalized spacial score (nSPS) is 11.8. The summed E-state index contributed by atoms with van der Waals surface area (Å²) in [5, 5.41) is 7.18. The predicted molar refractivity (Wildman–Crippen MR) is 98.3 cm³/mol. The average molecular weight is 358 g/mol. The molecule has 1 atom stereocenters. The average Bonchev–Trinajstić information content (AvgIpc) is 3.07.